The molecular weight excluding hydrogens is 400 g/mol. The average Bonchev–Trinajstić information content (AvgIpc) is 3.15. The van der Waals surface area contributed by atoms with Gasteiger partial charge in [0.15, 0.2) is 0 Å². The van der Waals surface area contributed by atoms with E-state index < -0.39 is 6.09 Å². The van der Waals surface area contributed by atoms with Gasteiger partial charge in [-0.3, -0.25) is 9.97 Å². The molecule has 0 saturated heterocycles. The normalized spacial score (nSPS) is 12.6. The van der Waals surface area contributed by atoms with Crippen LogP contribution in [-0.2, 0) is 4.74 Å². The zero-order chi connectivity index (χ0) is 21.9. The van der Waals surface area contributed by atoms with E-state index in [9.17, 15) is 4.79 Å². The zero-order valence-corrected chi connectivity index (χ0v) is 17.4. The largest absolute Gasteiger partial charge is 0.449 e. The number of aromatic nitrogens is 2. The molecular formula is C26H22N4O2. The van der Waals surface area contributed by atoms with E-state index in [2.05, 4.69) is 39.6 Å². The van der Waals surface area contributed by atoms with Crippen LogP contribution in [0.5, 0.6) is 0 Å². The number of rotatable bonds is 5. The number of alkyl carbamates (subject to hydrolysis) is 1. The predicted molar refractivity (Wildman–Crippen MR) is 126 cm³/mol. The summed E-state index contributed by atoms with van der Waals surface area (Å²) < 4.78 is 5.55. The summed E-state index contributed by atoms with van der Waals surface area (Å²) in [5.41, 5.74) is 13.8. The van der Waals surface area contributed by atoms with E-state index in [0.29, 0.717) is 12.2 Å². The molecule has 1 aliphatic rings. The van der Waals surface area contributed by atoms with Crippen molar-refractivity contribution in [2.45, 2.75) is 5.92 Å². The Morgan fingerprint density at radius 2 is 1.66 bits per heavy atom. The van der Waals surface area contributed by atoms with Crippen LogP contribution < -0.4 is 11.1 Å². The zero-order valence-electron chi connectivity index (χ0n) is 17.4. The molecule has 3 N–H and O–H groups in total. The van der Waals surface area contributed by atoms with Gasteiger partial charge in [-0.2, -0.15) is 0 Å². The van der Waals surface area contributed by atoms with Crippen molar-refractivity contribution in [3.8, 4) is 11.1 Å². The summed E-state index contributed by atoms with van der Waals surface area (Å²) in [6.07, 6.45) is 6.48. The highest BCUT2D eigenvalue weighted by Crippen LogP contribution is 2.44. The maximum absolute atomic E-state index is 12.3. The molecule has 5 rings (SSSR count). The van der Waals surface area contributed by atoms with Gasteiger partial charge in [-0.05, 0) is 34.4 Å². The third kappa shape index (κ3) is 3.67. The molecule has 6 nitrogen and oxygen atoms in total. The van der Waals surface area contributed by atoms with Gasteiger partial charge in [0.25, 0.3) is 0 Å². The second-order valence-electron chi connectivity index (χ2n) is 7.60. The number of hydrogen-bond acceptors (Lipinski definition) is 5. The quantitative estimate of drug-likeness (QED) is 0.453. The first kappa shape index (κ1) is 19.8. The number of ether oxygens (including phenoxy) is 1. The van der Waals surface area contributed by atoms with Gasteiger partial charge in [0, 0.05) is 36.1 Å². The highest BCUT2D eigenvalue weighted by Gasteiger charge is 2.28. The Labute approximate surface area is 185 Å². The van der Waals surface area contributed by atoms with Crippen LogP contribution in [-0.4, -0.2) is 29.2 Å². The van der Waals surface area contributed by atoms with Crippen LogP contribution in [0.15, 0.2) is 79.1 Å². The molecule has 32 heavy (non-hydrogen) atoms. The lowest BCUT2D eigenvalue weighted by Gasteiger charge is -2.14. The summed E-state index contributed by atoms with van der Waals surface area (Å²) in [7, 11) is 0. The van der Waals surface area contributed by atoms with E-state index in [1.165, 1.54) is 22.3 Å². The van der Waals surface area contributed by atoms with E-state index in [1.807, 2.05) is 42.5 Å². The fourth-order valence-corrected chi connectivity index (χ4v) is 4.22. The molecule has 0 spiro atoms. The molecule has 6 heteroatoms. The SMILES string of the molecule is Nc1ccc2nccnc2c1C=CCNC(=O)OCC1c2ccccc2-c2ccccc21. The second kappa shape index (κ2) is 8.51. The molecule has 4 aromatic rings. The van der Waals surface area contributed by atoms with Crippen molar-refractivity contribution in [2.75, 3.05) is 18.9 Å². The lowest BCUT2D eigenvalue weighted by Crippen LogP contribution is -2.26. The lowest BCUT2D eigenvalue weighted by molar-refractivity contribution is 0.144. The standard InChI is InChI=1S/C26H22N4O2/c27-23-11-12-24-25(29-15-14-28-24)21(23)10-5-13-30-26(31)32-16-22-19-8-3-1-6-17(19)18-7-2-4-9-20(18)22/h1-12,14-15,22H,13,16,27H2,(H,30,31). The molecule has 1 aliphatic carbocycles. The van der Waals surface area contributed by atoms with Crippen molar-refractivity contribution in [2.24, 2.45) is 0 Å². The third-order valence-electron chi connectivity index (χ3n) is 5.71. The van der Waals surface area contributed by atoms with Crippen LogP contribution in [0.4, 0.5) is 10.5 Å². The number of nitrogens with two attached hydrogens (primary N) is 1. The van der Waals surface area contributed by atoms with E-state index in [0.717, 1.165) is 16.6 Å². The highest BCUT2D eigenvalue weighted by molar-refractivity contribution is 5.90. The lowest BCUT2D eigenvalue weighted by atomic mass is 9.98. The van der Waals surface area contributed by atoms with E-state index in [4.69, 9.17) is 10.5 Å². The Kier molecular flexibility index (Phi) is 5.25. The first-order valence-corrected chi connectivity index (χ1v) is 10.5. The first-order chi connectivity index (χ1) is 15.7. The minimum Gasteiger partial charge on any atom is -0.449 e. The van der Waals surface area contributed by atoms with Gasteiger partial charge in [0.1, 0.15) is 6.61 Å². The van der Waals surface area contributed by atoms with Crippen LogP contribution in [0.2, 0.25) is 0 Å². The van der Waals surface area contributed by atoms with Crippen molar-refractivity contribution in [1.29, 1.82) is 0 Å². The van der Waals surface area contributed by atoms with Crippen LogP contribution in [0.1, 0.15) is 22.6 Å². The molecule has 0 unspecified atom stereocenters. The number of anilines is 1. The average molecular weight is 422 g/mol. The number of amides is 1. The third-order valence-corrected chi connectivity index (χ3v) is 5.71. The number of carbonyl (C=O) groups excluding carboxylic acids is 1. The van der Waals surface area contributed by atoms with E-state index >= 15 is 0 Å². The Morgan fingerprint density at radius 1 is 0.969 bits per heavy atom. The van der Waals surface area contributed by atoms with Gasteiger partial charge in [-0.25, -0.2) is 4.79 Å². The molecule has 0 atom stereocenters. The number of nitrogen functional groups attached to an aromatic ring is 1. The summed E-state index contributed by atoms with van der Waals surface area (Å²) in [5.74, 6) is 0.0396. The maximum Gasteiger partial charge on any atom is 0.407 e. The summed E-state index contributed by atoms with van der Waals surface area (Å²) in [5, 5.41) is 2.77. The molecule has 0 bridgehead atoms. The van der Waals surface area contributed by atoms with Crippen LogP contribution in [0.3, 0.4) is 0 Å². The molecule has 0 fully saturated rings. The molecule has 1 amide bonds. The minimum absolute atomic E-state index is 0.0396. The molecule has 0 aliphatic heterocycles. The smallest absolute Gasteiger partial charge is 0.407 e. The molecule has 0 radical (unpaired) electrons. The summed E-state index contributed by atoms with van der Waals surface area (Å²) >= 11 is 0. The monoisotopic (exact) mass is 422 g/mol. The van der Waals surface area contributed by atoms with Gasteiger partial charge >= 0.3 is 6.09 Å². The Hall–Kier alpha value is -4.19. The topological polar surface area (TPSA) is 90.1 Å². The van der Waals surface area contributed by atoms with Crippen molar-refractivity contribution in [1.82, 2.24) is 15.3 Å². The molecule has 158 valence electrons. The number of hydrogen-bond donors (Lipinski definition) is 2. The number of nitrogens with zero attached hydrogens (tertiary/aromatic N) is 2. The van der Waals surface area contributed by atoms with Crippen LogP contribution in [0, 0.1) is 0 Å². The van der Waals surface area contributed by atoms with Crippen molar-refractivity contribution < 1.29 is 9.53 Å². The number of fused-ring (bicyclic) bond motifs is 4. The molecule has 1 heterocycles. The van der Waals surface area contributed by atoms with Gasteiger partial charge in [0.05, 0.1) is 11.0 Å². The number of carbonyl (C=O) groups is 1. The van der Waals surface area contributed by atoms with Crippen molar-refractivity contribution in [3.63, 3.8) is 0 Å². The Morgan fingerprint density at radius 3 is 2.41 bits per heavy atom. The summed E-state index contributed by atoms with van der Waals surface area (Å²) in [6, 6.07) is 20.2. The Bertz CT molecular complexity index is 1290. The predicted octanol–water partition coefficient (Wildman–Crippen LogP) is 4.76. The number of nitrogens with one attached hydrogen (secondary N) is 1. The molecule has 1 aromatic heterocycles. The van der Waals surface area contributed by atoms with Crippen LogP contribution in [0.25, 0.3) is 28.2 Å². The minimum atomic E-state index is -0.456. The Balaban J connectivity index is 1.21. The maximum atomic E-state index is 12.3. The van der Waals surface area contributed by atoms with Gasteiger partial charge < -0.3 is 15.8 Å². The van der Waals surface area contributed by atoms with Gasteiger partial charge in [-0.1, -0.05) is 60.7 Å². The van der Waals surface area contributed by atoms with E-state index in [-0.39, 0.29) is 12.5 Å². The van der Waals surface area contributed by atoms with Crippen LogP contribution >= 0.6 is 0 Å². The molecule has 0 saturated carbocycles. The first-order valence-electron chi connectivity index (χ1n) is 10.5. The molecule has 3 aromatic carbocycles. The second-order valence-corrected chi connectivity index (χ2v) is 7.60. The van der Waals surface area contributed by atoms with Gasteiger partial charge in [0.2, 0.25) is 0 Å². The fraction of sp³-hybridized carbons (Fsp3) is 0.115. The fourth-order valence-electron chi connectivity index (χ4n) is 4.22. The van der Waals surface area contributed by atoms with Crippen molar-refractivity contribution >= 4 is 28.9 Å². The number of benzene rings is 3. The summed E-state index contributed by atoms with van der Waals surface area (Å²) in [4.78, 5) is 21.0. The summed E-state index contributed by atoms with van der Waals surface area (Å²) in [6.45, 7) is 0.599. The van der Waals surface area contributed by atoms with E-state index in [1.54, 1.807) is 18.5 Å². The highest BCUT2D eigenvalue weighted by atomic mass is 16.5. The van der Waals surface area contributed by atoms with Crippen molar-refractivity contribution in [3.05, 3.63) is 95.8 Å². The van der Waals surface area contributed by atoms with Gasteiger partial charge in [-0.15, -0.1) is 0 Å².